The van der Waals surface area contributed by atoms with Crippen LogP contribution < -0.4 is 11.0 Å². The first-order chi connectivity index (χ1) is 11.1. The van der Waals surface area contributed by atoms with Crippen LogP contribution in [0.3, 0.4) is 0 Å². The zero-order valence-corrected chi connectivity index (χ0v) is 13.5. The van der Waals surface area contributed by atoms with E-state index in [2.05, 4.69) is 21.4 Å². The van der Waals surface area contributed by atoms with Gasteiger partial charge in [-0.2, -0.15) is 0 Å². The van der Waals surface area contributed by atoms with Gasteiger partial charge in [-0.3, -0.25) is 4.79 Å². The second-order valence-electron chi connectivity index (χ2n) is 5.36. The van der Waals surface area contributed by atoms with Gasteiger partial charge in [0.1, 0.15) is 0 Å². The van der Waals surface area contributed by atoms with Gasteiger partial charge in [0.2, 0.25) is 5.91 Å². The predicted octanol–water partition coefficient (Wildman–Crippen LogP) is 1.52. The number of H-pyrrole nitrogens is 1. The molecule has 2 N–H and O–H groups in total. The molecule has 0 saturated heterocycles. The lowest BCUT2D eigenvalue weighted by Gasteiger charge is -2.07. The van der Waals surface area contributed by atoms with Gasteiger partial charge >= 0.3 is 5.69 Å². The van der Waals surface area contributed by atoms with Crippen LogP contribution in [0.15, 0.2) is 34.2 Å². The lowest BCUT2D eigenvalue weighted by molar-refractivity contribution is -0.118. The predicted molar refractivity (Wildman–Crippen MR) is 87.1 cm³/mol. The number of aromatic nitrogens is 2. The van der Waals surface area contributed by atoms with Gasteiger partial charge in [0.15, 0.2) is 0 Å². The highest BCUT2D eigenvalue weighted by Gasteiger charge is 2.11. The van der Waals surface area contributed by atoms with Gasteiger partial charge in [-0.25, -0.2) is 9.78 Å². The zero-order chi connectivity index (χ0) is 16.2. The van der Waals surface area contributed by atoms with Gasteiger partial charge in [0.05, 0.1) is 24.0 Å². The Hall–Kier alpha value is -2.12. The molecule has 0 fully saturated rings. The van der Waals surface area contributed by atoms with Crippen molar-refractivity contribution in [2.45, 2.75) is 31.7 Å². The molecular formula is C16H17N3O3S. The maximum atomic E-state index is 12.0. The molecule has 0 bridgehead atoms. The van der Waals surface area contributed by atoms with Gasteiger partial charge in [-0.05, 0) is 29.2 Å². The number of rotatable bonds is 5. The molecule has 2 heterocycles. The smallest absolute Gasteiger partial charge is 0.345 e. The summed E-state index contributed by atoms with van der Waals surface area (Å²) in [6.45, 7) is 3.64. The van der Waals surface area contributed by atoms with Crippen molar-refractivity contribution < 1.29 is 9.53 Å². The quantitative estimate of drug-likeness (QED) is 0.641. The lowest BCUT2D eigenvalue weighted by atomic mass is 10.1. The molecule has 0 aliphatic carbocycles. The van der Waals surface area contributed by atoms with Crippen molar-refractivity contribution in [3.63, 3.8) is 0 Å². The minimum absolute atomic E-state index is 0.0798. The van der Waals surface area contributed by atoms with E-state index < -0.39 is 5.69 Å². The minimum Gasteiger partial charge on any atom is -0.372 e. The van der Waals surface area contributed by atoms with Gasteiger partial charge < -0.3 is 15.0 Å². The Kier molecular flexibility index (Phi) is 4.78. The molecule has 1 aliphatic heterocycles. The fourth-order valence-electron chi connectivity index (χ4n) is 2.32. The molecule has 0 radical (unpaired) electrons. The molecule has 0 spiro atoms. The van der Waals surface area contributed by atoms with Crippen LogP contribution in [0.4, 0.5) is 0 Å². The maximum absolute atomic E-state index is 12.0. The van der Waals surface area contributed by atoms with Crippen LogP contribution in [0.5, 0.6) is 0 Å². The number of ether oxygens (including phenoxy) is 1. The molecule has 1 aromatic heterocycles. The number of aromatic amines is 1. The summed E-state index contributed by atoms with van der Waals surface area (Å²) in [6.07, 6.45) is 1.51. The number of aryl methyl sites for hydroxylation is 1. The molecule has 23 heavy (non-hydrogen) atoms. The van der Waals surface area contributed by atoms with Crippen LogP contribution in [0, 0.1) is 6.92 Å². The molecule has 120 valence electrons. The lowest BCUT2D eigenvalue weighted by Crippen LogP contribution is -2.25. The fourth-order valence-corrected chi connectivity index (χ4v) is 3.13. The van der Waals surface area contributed by atoms with E-state index in [0.717, 1.165) is 11.1 Å². The van der Waals surface area contributed by atoms with E-state index in [4.69, 9.17) is 4.74 Å². The van der Waals surface area contributed by atoms with Crippen LogP contribution in [-0.4, -0.2) is 21.6 Å². The molecule has 0 saturated carbocycles. The average molecular weight is 331 g/mol. The third-order valence-electron chi connectivity index (χ3n) is 3.58. The van der Waals surface area contributed by atoms with Crippen molar-refractivity contribution in [3.05, 3.63) is 57.1 Å². The normalized spacial score (nSPS) is 12.9. The van der Waals surface area contributed by atoms with Crippen molar-refractivity contribution in [2.75, 3.05) is 5.75 Å². The van der Waals surface area contributed by atoms with Crippen LogP contribution in [0.1, 0.15) is 22.3 Å². The zero-order valence-electron chi connectivity index (χ0n) is 12.7. The molecule has 0 unspecified atom stereocenters. The van der Waals surface area contributed by atoms with Gasteiger partial charge in [-0.1, -0.05) is 30.0 Å². The molecule has 3 rings (SSSR count). The number of amides is 1. The second kappa shape index (κ2) is 6.97. The van der Waals surface area contributed by atoms with Crippen LogP contribution in [0.25, 0.3) is 0 Å². The number of nitrogens with one attached hydrogen (secondary N) is 2. The Morgan fingerprint density at radius 3 is 3.09 bits per heavy atom. The Bertz CT molecular complexity index is 788. The molecular weight excluding hydrogens is 314 g/mol. The van der Waals surface area contributed by atoms with E-state index in [1.165, 1.54) is 29.1 Å². The van der Waals surface area contributed by atoms with E-state index in [1.54, 1.807) is 0 Å². The number of thioether (sulfide) groups is 1. The highest BCUT2D eigenvalue weighted by molar-refractivity contribution is 7.99. The summed E-state index contributed by atoms with van der Waals surface area (Å²) >= 11 is 1.30. The second-order valence-corrected chi connectivity index (χ2v) is 6.35. The number of carbonyl (C=O) groups excluding carboxylic acids is 1. The number of fused-ring (bicyclic) bond motifs is 1. The Labute approximate surface area is 137 Å². The Morgan fingerprint density at radius 2 is 2.22 bits per heavy atom. The van der Waals surface area contributed by atoms with Crippen molar-refractivity contribution in [1.82, 2.24) is 15.3 Å². The van der Waals surface area contributed by atoms with Crippen LogP contribution in [-0.2, 0) is 29.3 Å². The molecule has 1 aromatic carbocycles. The number of hydrogen-bond donors (Lipinski definition) is 2. The van der Waals surface area contributed by atoms with Gasteiger partial charge in [0, 0.05) is 12.7 Å². The highest BCUT2D eigenvalue weighted by atomic mass is 32.2. The monoisotopic (exact) mass is 331 g/mol. The summed E-state index contributed by atoms with van der Waals surface area (Å²) in [5.74, 6) is 0.165. The highest BCUT2D eigenvalue weighted by Crippen LogP contribution is 2.21. The molecule has 1 amide bonds. The SMILES string of the molecule is Cc1cnc(=O)[nH]c1SCC(=O)NCc1ccc2c(c1)COC2. The Morgan fingerprint density at radius 1 is 1.39 bits per heavy atom. The minimum atomic E-state index is -0.404. The summed E-state index contributed by atoms with van der Waals surface area (Å²) in [4.78, 5) is 29.4. The van der Waals surface area contributed by atoms with Crippen molar-refractivity contribution in [3.8, 4) is 0 Å². The Balaban J connectivity index is 1.52. The average Bonchev–Trinajstić information content (AvgIpc) is 3.01. The first-order valence-corrected chi connectivity index (χ1v) is 8.24. The molecule has 6 nitrogen and oxygen atoms in total. The first kappa shape index (κ1) is 15.8. The van der Waals surface area contributed by atoms with E-state index in [-0.39, 0.29) is 11.7 Å². The van der Waals surface area contributed by atoms with E-state index in [0.29, 0.717) is 24.8 Å². The summed E-state index contributed by atoms with van der Waals surface area (Å²) in [6, 6.07) is 6.12. The number of hydrogen-bond acceptors (Lipinski definition) is 5. The summed E-state index contributed by atoms with van der Waals surface area (Å²) in [5, 5.41) is 3.56. The summed E-state index contributed by atoms with van der Waals surface area (Å²) < 4.78 is 5.38. The van der Waals surface area contributed by atoms with Gasteiger partial charge in [-0.15, -0.1) is 0 Å². The molecule has 7 heteroatoms. The van der Waals surface area contributed by atoms with Crippen molar-refractivity contribution >= 4 is 17.7 Å². The number of nitrogens with zero attached hydrogens (tertiary/aromatic N) is 1. The summed E-state index contributed by atoms with van der Waals surface area (Å²) in [5.41, 5.74) is 3.91. The van der Waals surface area contributed by atoms with Crippen LogP contribution >= 0.6 is 11.8 Å². The molecule has 0 atom stereocenters. The van der Waals surface area contributed by atoms with Crippen LogP contribution in [0.2, 0.25) is 0 Å². The first-order valence-electron chi connectivity index (χ1n) is 7.25. The maximum Gasteiger partial charge on any atom is 0.345 e. The standard InChI is InChI=1S/C16H17N3O3S/c1-10-5-18-16(21)19-15(10)23-9-14(20)17-6-11-2-3-12-7-22-8-13(12)4-11/h2-5H,6-9H2,1H3,(H,17,20)(H,18,19,21). The van der Waals surface area contributed by atoms with Crippen molar-refractivity contribution in [1.29, 1.82) is 0 Å². The third-order valence-corrected chi connectivity index (χ3v) is 4.70. The summed E-state index contributed by atoms with van der Waals surface area (Å²) in [7, 11) is 0. The largest absolute Gasteiger partial charge is 0.372 e. The number of carbonyl (C=O) groups is 1. The molecule has 1 aliphatic rings. The van der Waals surface area contributed by atoms with E-state index >= 15 is 0 Å². The topological polar surface area (TPSA) is 84.1 Å². The fraction of sp³-hybridized carbons (Fsp3) is 0.312. The van der Waals surface area contributed by atoms with E-state index in [1.807, 2.05) is 19.1 Å². The van der Waals surface area contributed by atoms with Gasteiger partial charge in [0.25, 0.3) is 0 Å². The van der Waals surface area contributed by atoms with E-state index in [9.17, 15) is 9.59 Å². The number of benzene rings is 1. The molecule has 2 aromatic rings. The third kappa shape index (κ3) is 4.00. The van der Waals surface area contributed by atoms with Crippen molar-refractivity contribution in [2.24, 2.45) is 0 Å².